The highest BCUT2D eigenvalue weighted by Gasteiger charge is 2.54. The van der Waals surface area contributed by atoms with Crippen LogP contribution >= 0.6 is 70.2 Å². The van der Waals surface area contributed by atoms with Gasteiger partial charge in [0.1, 0.15) is 17.1 Å². The molecule has 2 aliphatic heterocycles. The maximum absolute atomic E-state index is 12.9. The molecule has 196 valence electrons. The maximum Gasteiger partial charge on any atom is 0.353 e. The first-order valence-electron chi connectivity index (χ1n) is 10.3. The van der Waals surface area contributed by atoms with Crippen LogP contribution in [-0.4, -0.2) is 60.8 Å². The molecular weight excluding hydrogens is 601 g/mol. The zero-order valence-corrected chi connectivity index (χ0v) is 23.5. The average molecular weight is 622 g/mol. The fraction of sp³-hybridized carbons (Fsp3) is 0.250. The number of aromatic nitrogens is 2. The van der Waals surface area contributed by atoms with E-state index in [1.54, 1.807) is 18.2 Å². The molecule has 17 heteroatoms. The minimum Gasteiger partial charge on any atom is -0.477 e. The summed E-state index contributed by atoms with van der Waals surface area (Å²) < 4.78 is 1.19. The Balaban J connectivity index is 1.37. The highest BCUT2D eigenvalue weighted by atomic mass is 35.5. The summed E-state index contributed by atoms with van der Waals surface area (Å²) in [5, 5.41) is 13.7. The molecule has 1 fully saturated rings. The standard InChI is InChI=1S/C20H19Cl2N7O4S4/c21-8-1-2-9(22)10(3-8)34-6-14(30)27-15-17(31)28-16(19(32)33)11(5-35-18(15)28)36-7-37-20-26-12(23)4-13(24)29(20)25/h1-4,15,18H,5-7,25H2,(H5,23,24,27,30,32,33)/p+1. The van der Waals surface area contributed by atoms with Crippen LogP contribution in [0.15, 0.2) is 44.9 Å². The molecule has 1 aromatic carbocycles. The molecule has 2 amide bonds. The minimum atomic E-state index is -1.22. The molecule has 0 saturated carbocycles. The number of hydrogen-bond donors (Lipinski definition) is 5. The molecule has 2 aliphatic rings. The third-order valence-corrected chi connectivity index (χ3v) is 10.5. The third-order valence-electron chi connectivity index (χ3n) is 5.13. The molecule has 0 spiro atoms. The molecule has 8 N–H and O–H groups in total. The van der Waals surface area contributed by atoms with Crippen LogP contribution < -0.4 is 27.3 Å². The molecule has 2 unspecified atom stereocenters. The highest BCUT2D eigenvalue weighted by molar-refractivity contribution is 8.18. The van der Waals surface area contributed by atoms with E-state index in [1.807, 2.05) is 0 Å². The van der Waals surface area contributed by atoms with Crippen LogP contribution in [0.4, 0.5) is 11.6 Å². The Labute approximate surface area is 238 Å². The van der Waals surface area contributed by atoms with Crippen molar-refractivity contribution in [2.45, 2.75) is 21.5 Å². The van der Waals surface area contributed by atoms with E-state index in [1.165, 1.54) is 62.7 Å². The number of benzene rings is 1. The van der Waals surface area contributed by atoms with Gasteiger partial charge in [0, 0.05) is 20.6 Å². The van der Waals surface area contributed by atoms with Crippen LogP contribution in [0.5, 0.6) is 0 Å². The number of carbonyl (C=O) groups is 3. The lowest BCUT2D eigenvalue weighted by molar-refractivity contribution is -0.667. The Kier molecular flexibility index (Phi) is 8.81. The largest absolute Gasteiger partial charge is 0.477 e. The van der Waals surface area contributed by atoms with Gasteiger partial charge in [-0.2, -0.15) is 0 Å². The fourth-order valence-corrected chi connectivity index (χ4v) is 8.43. The molecule has 11 nitrogen and oxygen atoms in total. The second-order valence-electron chi connectivity index (χ2n) is 7.56. The maximum atomic E-state index is 12.9. The van der Waals surface area contributed by atoms with Gasteiger partial charge in [-0.1, -0.05) is 28.2 Å². The van der Waals surface area contributed by atoms with Crippen molar-refractivity contribution in [3.63, 3.8) is 0 Å². The average Bonchev–Trinajstić information content (AvgIpc) is 2.85. The number of β-lactam (4-membered cyclic amide) rings is 1. The number of nitrogens with zero attached hydrogens (tertiary/aromatic N) is 3. The van der Waals surface area contributed by atoms with E-state index in [9.17, 15) is 19.5 Å². The number of nitrogens with two attached hydrogens (primary N) is 3. The van der Waals surface area contributed by atoms with Gasteiger partial charge in [0.15, 0.2) is 0 Å². The summed E-state index contributed by atoms with van der Waals surface area (Å²) in [6.07, 6.45) is 0. The lowest BCUT2D eigenvalue weighted by atomic mass is 10.1. The number of halogens is 2. The van der Waals surface area contributed by atoms with Gasteiger partial charge in [-0.25, -0.2) is 4.79 Å². The van der Waals surface area contributed by atoms with Gasteiger partial charge in [-0.15, -0.1) is 40.0 Å². The van der Waals surface area contributed by atoms with Gasteiger partial charge >= 0.3 is 11.1 Å². The number of fused-ring (bicyclic) bond motifs is 1. The van der Waals surface area contributed by atoms with Crippen molar-refractivity contribution in [3.05, 3.63) is 44.9 Å². The number of rotatable bonds is 9. The quantitative estimate of drug-likeness (QED) is 0.0685. The topological polar surface area (TPSA) is 182 Å². The van der Waals surface area contributed by atoms with E-state index < -0.39 is 23.3 Å². The van der Waals surface area contributed by atoms with Crippen LogP contribution in [0.2, 0.25) is 10.0 Å². The van der Waals surface area contributed by atoms with Crippen LogP contribution in [0.25, 0.3) is 0 Å². The summed E-state index contributed by atoms with van der Waals surface area (Å²) in [5.41, 5.74) is 11.4. The van der Waals surface area contributed by atoms with Crippen molar-refractivity contribution in [3.8, 4) is 0 Å². The Hall–Kier alpha value is -2.17. The van der Waals surface area contributed by atoms with Crippen molar-refractivity contribution in [2.75, 3.05) is 33.9 Å². The Bertz CT molecular complexity index is 1320. The second kappa shape index (κ2) is 11.7. The van der Waals surface area contributed by atoms with E-state index >= 15 is 0 Å². The van der Waals surface area contributed by atoms with Gasteiger partial charge < -0.3 is 21.9 Å². The van der Waals surface area contributed by atoms with Crippen LogP contribution in [0.1, 0.15) is 0 Å². The number of nitrogen functional groups attached to an aromatic ring is 3. The van der Waals surface area contributed by atoms with E-state index in [2.05, 4.69) is 10.3 Å². The van der Waals surface area contributed by atoms with Gasteiger partial charge in [0.05, 0.1) is 21.9 Å². The lowest BCUT2D eigenvalue weighted by Gasteiger charge is -2.49. The first kappa shape index (κ1) is 27.9. The number of thioether (sulfide) groups is 4. The van der Waals surface area contributed by atoms with Gasteiger partial charge in [-0.3, -0.25) is 20.3 Å². The molecule has 1 aromatic heterocycles. The SMILES string of the molecule is Nc1cc(N)[n+](N)c(SCSC2=C(C(=O)O)N3C(=O)C(NC(=O)CSc4cc(Cl)ccc4Cl)C3SC2)n1. The first-order chi connectivity index (χ1) is 17.6. The number of nitrogens with one attached hydrogen (secondary N) is 1. The molecule has 2 aromatic rings. The van der Waals surface area contributed by atoms with Gasteiger partial charge in [0.25, 0.3) is 5.91 Å². The zero-order chi connectivity index (χ0) is 26.9. The summed E-state index contributed by atoms with van der Waals surface area (Å²) in [6, 6.07) is 5.54. The number of hydrogen-bond acceptors (Lipinski definition) is 11. The van der Waals surface area contributed by atoms with Crippen molar-refractivity contribution < 1.29 is 24.2 Å². The summed E-state index contributed by atoms with van der Waals surface area (Å²) in [7, 11) is 0. The predicted molar refractivity (Wildman–Crippen MR) is 149 cm³/mol. The van der Waals surface area contributed by atoms with E-state index in [0.29, 0.717) is 35.8 Å². The molecule has 0 bridgehead atoms. The van der Waals surface area contributed by atoms with Crippen molar-refractivity contribution in [2.24, 2.45) is 0 Å². The molecular formula is C20H20Cl2N7O4S4+. The predicted octanol–water partition coefficient (Wildman–Crippen LogP) is 1.83. The van der Waals surface area contributed by atoms with Gasteiger partial charge in [0.2, 0.25) is 17.5 Å². The molecule has 37 heavy (non-hydrogen) atoms. The van der Waals surface area contributed by atoms with Crippen LogP contribution in [0, 0.1) is 0 Å². The Morgan fingerprint density at radius 2 is 2.00 bits per heavy atom. The van der Waals surface area contributed by atoms with E-state index in [4.69, 9.17) is 40.5 Å². The summed E-state index contributed by atoms with van der Waals surface area (Å²) in [6.45, 7) is 0. The number of carbonyl (C=O) groups excluding carboxylic acids is 2. The molecule has 0 radical (unpaired) electrons. The van der Waals surface area contributed by atoms with Crippen LogP contribution in [-0.2, 0) is 14.4 Å². The zero-order valence-electron chi connectivity index (χ0n) is 18.7. The smallest absolute Gasteiger partial charge is 0.353 e. The van der Waals surface area contributed by atoms with Crippen LogP contribution in [0.3, 0.4) is 0 Å². The Morgan fingerprint density at radius 1 is 1.24 bits per heavy atom. The van der Waals surface area contributed by atoms with E-state index in [-0.39, 0.29) is 29.0 Å². The summed E-state index contributed by atoms with van der Waals surface area (Å²) >= 11 is 17.2. The number of amides is 2. The monoisotopic (exact) mass is 620 g/mol. The second-order valence-corrected chi connectivity index (χ2v) is 12.9. The first-order valence-corrected chi connectivity index (χ1v) is 15.1. The molecule has 3 heterocycles. The fourth-order valence-electron chi connectivity index (χ4n) is 3.43. The highest BCUT2D eigenvalue weighted by Crippen LogP contribution is 2.44. The molecule has 2 atom stereocenters. The molecule has 1 saturated heterocycles. The lowest BCUT2D eigenvalue weighted by Crippen LogP contribution is -2.70. The molecule has 0 aliphatic carbocycles. The number of anilines is 2. The number of carboxylic acids is 1. The van der Waals surface area contributed by atoms with Crippen molar-refractivity contribution in [1.82, 2.24) is 15.2 Å². The molecule has 4 rings (SSSR count). The van der Waals surface area contributed by atoms with E-state index in [0.717, 1.165) is 0 Å². The third kappa shape index (κ3) is 6.12. The number of carboxylic acid groups (broad SMARTS) is 1. The van der Waals surface area contributed by atoms with Gasteiger partial charge in [-0.05, 0) is 30.0 Å². The Morgan fingerprint density at radius 3 is 2.73 bits per heavy atom. The van der Waals surface area contributed by atoms with Crippen molar-refractivity contribution in [1.29, 1.82) is 0 Å². The van der Waals surface area contributed by atoms with Crippen molar-refractivity contribution >= 4 is 99.7 Å². The summed E-state index contributed by atoms with van der Waals surface area (Å²) in [5.74, 6) is 4.61. The number of aliphatic carboxylic acids is 1. The normalized spacial score (nSPS) is 18.9. The summed E-state index contributed by atoms with van der Waals surface area (Å²) in [4.78, 5) is 43.9. The minimum absolute atomic E-state index is 0.0187.